The summed E-state index contributed by atoms with van der Waals surface area (Å²) >= 11 is 12.4. The normalized spacial score (nSPS) is 24.8. The van der Waals surface area contributed by atoms with Gasteiger partial charge in [0.05, 0.1) is 17.7 Å². The standard InChI is InChI=1S/C15H17Cl2N3O2/c1-2-3-12-7-21-15(22-12,8-20-10-18-9-19-20)13-5-4-11(16)6-14(13)17/h4-6,9-10,12H,2-3,7-8H2,1H3/i7+2. The fourth-order valence-electron chi connectivity index (χ4n) is 2.66. The Morgan fingerprint density at radius 1 is 1.41 bits per heavy atom. The summed E-state index contributed by atoms with van der Waals surface area (Å²) in [5.41, 5.74) is 0.757. The van der Waals surface area contributed by atoms with Gasteiger partial charge in [-0.1, -0.05) is 42.6 Å². The number of hydrogen-bond donors (Lipinski definition) is 0. The van der Waals surface area contributed by atoms with Crippen LogP contribution in [0, 0.1) is 0 Å². The van der Waals surface area contributed by atoms with Crippen molar-refractivity contribution in [3.05, 3.63) is 46.5 Å². The van der Waals surface area contributed by atoms with Gasteiger partial charge in [-0.05, 0) is 18.6 Å². The summed E-state index contributed by atoms with van der Waals surface area (Å²) < 4.78 is 14.0. The first-order chi connectivity index (χ1) is 10.6. The second-order valence-electron chi connectivity index (χ2n) is 5.31. The average molecular weight is 344 g/mol. The smallest absolute Gasteiger partial charge is 0.217 e. The summed E-state index contributed by atoms with van der Waals surface area (Å²) in [6, 6.07) is 5.32. The maximum absolute atomic E-state index is 6.37. The lowest BCUT2D eigenvalue weighted by molar-refractivity contribution is -0.189. The van der Waals surface area contributed by atoms with Gasteiger partial charge in [-0.2, -0.15) is 5.10 Å². The molecule has 0 radical (unpaired) electrons. The maximum atomic E-state index is 6.37. The molecule has 0 spiro atoms. The quantitative estimate of drug-likeness (QED) is 0.831. The predicted molar refractivity (Wildman–Crippen MR) is 83.9 cm³/mol. The van der Waals surface area contributed by atoms with E-state index in [9.17, 15) is 0 Å². The minimum absolute atomic E-state index is 0.0419. The van der Waals surface area contributed by atoms with Crippen molar-refractivity contribution in [2.75, 3.05) is 6.61 Å². The van der Waals surface area contributed by atoms with Gasteiger partial charge < -0.3 is 9.47 Å². The highest BCUT2D eigenvalue weighted by molar-refractivity contribution is 6.35. The summed E-state index contributed by atoms with van der Waals surface area (Å²) in [6.45, 7) is 3.03. The molecule has 1 fully saturated rings. The third-order valence-corrected chi connectivity index (χ3v) is 4.20. The van der Waals surface area contributed by atoms with Crippen molar-refractivity contribution in [1.82, 2.24) is 14.8 Å². The fraction of sp³-hybridized carbons (Fsp3) is 0.467. The van der Waals surface area contributed by atoms with E-state index in [0.717, 1.165) is 18.4 Å². The number of rotatable bonds is 5. The topological polar surface area (TPSA) is 49.2 Å². The van der Waals surface area contributed by atoms with E-state index >= 15 is 0 Å². The van der Waals surface area contributed by atoms with E-state index in [-0.39, 0.29) is 6.10 Å². The summed E-state index contributed by atoms with van der Waals surface area (Å²) in [6.07, 6.45) is 5.12. The molecule has 1 aromatic heterocycles. The van der Waals surface area contributed by atoms with Gasteiger partial charge in [-0.25, -0.2) is 9.67 Å². The molecule has 5 nitrogen and oxygen atoms in total. The van der Waals surface area contributed by atoms with E-state index in [1.54, 1.807) is 23.1 Å². The first-order valence-electron chi connectivity index (χ1n) is 7.22. The Morgan fingerprint density at radius 3 is 2.95 bits per heavy atom. The molecule has 22 heavy (non-hydrogen) atoms. The van der Waals surface area contributed by atoms with Crippen LogP contribution >= 0.6 is 23.2 Å². The zero-order valence-corrected chi connectivity index (χ0v) is 13.7. The molecular formula is C15H17Cl2N3O2. The Morgan fingerprint density at radius 2 is 2.27 bits per heavy atom. The first kappa shape index (κ1) is 15.7. The molecule has 1 aliphatic rings. The van der Waals surface area contributed by atoms with Crippen LogP contribution in [0.15, 0.2) is 30.9 Å². The molecule has 0 aliphatic carbocycles. The summed E-state index contributed by atoms with van der Waals surface area (Å²) in [5, 5.41) is 5.24. The second kappa shape index (κ2) is 6.54. The second-order valence-corrected chi connectivity index (χ2v) is 6.15. The molecule has 2 heterocycles. The third kappa shape index (κ3) is 3.13. The largest absolute Gasteiger partial charge is 0.342 e. The van der Waals surface area contributed by atoms with E-state index in [1.165, 1.54) is 6.33 Å². The van der Waals surface area contributed by atoms with Crippen LogP contribution in [0.4, 0.5) is 0 Å². The number of halogens is 2. The van der Waals surface area contributed by atoms with Gasteiger partial charge in [0, 0.05) is 10.6 Å². The Bertz CT molecular complexity index is 636. The van der Waals surface area contributed by atoms with Gasteiger partial charge in [0.25, 0.3) is 0 Å². The molecule has 0 saturated carbocycles. The molecule has 2 atom stereocenters. The Labute approximate surface area is 139 Å². The van der Waals surface area contributed by atoms with Crippen LogP contribution in [-0.4, -0.2) is 27.5 Å². The summed E-state index contributed by atoms with van der Waals surface area (Å²) in [5.74, 6) is -0.963. The van der Waals surface area contributed by atoms with Gasteiger partial charge >= 0.3 is 0 Å². The zero-order valence-electron chi connectivity index (χ0n) is 12.2. The molecule has 7 heteroatoms. The molecule has 1 aliphatic heterocycles. The van der Waals surface area contributed by atoms with Gasteiger partial charge in [-0.15, -0.1) is 0 Å². The zero-order chi connectivity index (χ0) is 15.6. The highest BCUT2D eigenvalue weighted by atomic mass is 35.5. The molecule has 2 aromatic rings. The van der Waals surface area contributed by atoms with Gasteiger partial charge in [0.2, 0.25) is 5.79 Å². The number of hydrogen-bond acceptors (Lipinski definition) is 4. The highest BCUT2D eigenvalue weighted by Crippen LogP contribution is 2.41. The van der Waals surface area contributed by atoms with Crippen molar-refractivity contribution in [2.24, 2.45) is 0 Å². The van der Waals surface area contributed by atoms with Crippen molar-refractivity contribution in [3.63, 3.8) is 0 Å². The van der Waals surface area contributed by atoms with Gasteiger partial charge in [0.1, 0.15) is 19.2 Å². The minimum Gasteiger partial charge on any atom is -0.342 e. The van der Waals surface area contributed by atoms with Crippen LogP contribution < -0.4 is 0 Å². The lowest BCUT2D eigenvalue weighted by Crippen LogP contribution is -2.34. The Hall–Kier alpha value is -1.14. The Kier molecular flexibility index (Phi) is 4.68. The minimum atomic E-state index is -0.963. The van der Waals surface area contributed by atoms with E-state index in [2.05, 4.69) is 17.0 Å². The third-order valence-electron chi connectivity index (χ3n) is 3.65. The molecule has 1 aromatic carbocycles. The van der Waals surface area contributed by atoms with E-state index in [0.29, 0.717) is 23.2 Å². The molecule has 0 amide bonds. The van der Waals surface area contributed by atoms with Crippen LogP contribution in [-0.2, 0) is 21.8 Å². The molecular weight excluding hydrogens is 327 g/mol. The van der Waals surface area contributed by atoms with Gasteiger partial charge in [-0.3, -0.25) is 0 Å². The number of aromatic nitrogens is 3. The maximum Gasteiger partial charge on any atom is 0.217 e. The molecule has 3 rings (SSSR count). The summed E-state index contributed by atoms with van der Waals surface area (Å²) in [7, 11) is 0. The lowest BCUT2D eigenvalue weighted by Gasteiger charge is -2.29. The van der Waals surface area contributed by atoms with Crippen LogP contribution in [0.3, 0.4) is 0 Å². The predicted octanol–water partition coefficient (Wildman–Crippen LogP) is 3.65. The highest BCUT2D eigenvalue weighted by Gasteiger charge is 2.45. The summed E-state index contributed by atoms with van der Waals surface area (Å²) in [4.78, 5) is 3.97. The molecule has 0 bridgehead atoms. The molecule has 1 saturated heterocycles. The van der Waals surface area contributed by atoms with Crippen molar-refractivity contribution < 1.29 is 9.47 Å². The lowest BCUT2D eigenvalue weighted by atomic mass is 10.1. The number of nitrogens with zero attached hydrogens (tertiary/aromatic N) is 3. The van der Waals surface area contributed by atoms with Crippen molar-refractivity contribution in [1.29, 1.82) is 0 Å². The van der Waals surface area contributed by atoms with Crippen LogP contribution in [0.1, 0.15) is 25.3 Å². The van der Waals surface area contributed by atoms with Crippen molar-refractivity contribution in [3.8, 4) is 0 Å². The van der Waals surface area contributed by atoms with Crippen LogP contribution in [0.25, 0.3) is 0 Å². The van der Waals surface area contributed by atoms with Gasteiger partial charge in [0.15, 0.2) is 0 Å². The van der Waals surface area contributed by atoms with E-state index in [1.807, 2.05) is 6.07 Å². The first-order valence-corrected chi connectivity index (χ1v) is 7.98. The number of benzene rings is 1. The Balaban J connectivity index is 1.96. The number of ether oxygens (including phenoxy) is 2. The average Bonchev–Trinajstić information content (AvgIpc) is 3.10. The van der Waals surface area contributed by atoms with E-state index < -0.39 is 5.79 Å². The fourth-order valence-corrected chi connectivity index (χ4v) is 3.22. The molecule has 118 valence electrons. The van der Waals surface area contributed by atoms with E-state index in [4.69, 9.17) is 32.7 Å². The molecule has 0 N–H and O–H groups in total. The van der Waals surface area contributed by atoms with Crippen molar-refractivity contribution in [2.45, 2.75) is 38.2 Å². The van der Waals surface area contributed by atoms with Crippen molar-refractivity contribution >= 4 is 23.2 Å². The van der Waals surface area contributed by atoms with Crippen LogP contribution in [0.2, 0.25) is 10.0 Å². The monoisotopic (exact) mass is 343 g/mol. The van der Waals surface area contributed by atoms with Crippen LogP contribution in [0.5, 0.6) is 0 Å². The molecule has 2 unspecified atom stereocenters. The SMILES string of the molecule is CCCC1[14CH2]OC(Cn2cncn2)(c2ccc(Cl)cc2Cl)O1.